The van der Waals surface area contributed by atoms with Crippen molar-refractivity contribution in [3.8, 4) is 0 Å². The number of aromatic nitrogens is 2. The summed E-state index contributed by atoms with van der Waals surface area (Å²) in [6, 6.07) is 8.98. The molecule has 3 fully saturated rings. The molecule has 2 atom stereocenters. The van der Waals surface area contributed by atoms with Gasteiger partial charge in [-0.05, 0) is 113 Å². The van der Waals surface area contributed by atoms with Crippen molar-refractivity contribution in [1.82, 2.24) is 14.7 Å². The van der Waals surface area contributed by atoms with E-state index in [4.69, 9.17) is 5.10 Å². The van der Waals surface area contributed by atoms with Crippen LogP contribution in [0.3, 0.4) is 0 Å². The molecule has 31 heavy (non-hydrogen) atoms. The third-order valence-electron chi connectivity index (χ3n) is 8.68. The molecule has 170 valence electrons. The molecule has 2 aliphatic carbocycles. The number of nitrogens with zero attached hydrogens (tertiary/aromatic N) is 3. The van der Waals surface area contributed by atoms with Gasteiger partial charge in [-0.3, -0.25) is 4.68 Å². The molecule has 2 aromatic rings. The molecule has 3 nitrogen and oxygen atoms in total. The first-order valence-corrected chi connectivity index (χ1v) is 13.3. The van der Waals surface area contributed by atoms with Gasteiger partial charge in [0.05, 0.1) is 11.2 Å². The molecule has 1 aromatic heterocycles. The number of hydrogen-bond acceptors (Lipinski definition) is 2. The molecule has 2 bridgehead atoms. The van der Waals surface area contributed by atoms with E-state index in [-0.39, 0.29) is 0 Å². The van der Waals surface area contributed by atoms with Crippen molar-refractivity contribution in [3.05, 3.63) is 30.0 Å². The first kappa shape index (κ1) is 21.5. The summed E-state index contributed by atoms with van der Waals surface area (Å²) < 4.78 is 2.37. The first-order valence-electron chi connectivity index (χ1n) is 13.3. The number of rotatable bonds is 7. The van der Waals surface area contributed by atoms with Gasteiger partial charge in [-0.25, -0.2) is 0 Å². The second kappa shape index (κ2) is 9.25. The van der Waals surface area contributed by atoms with Gasteiger partial charge in [0, 0.05) is 11.9 Å². The molecule has 2 saturated carbocycles. The van der Waals surface area contributed by atoms with E-state index >= 15 is 0 Å². The van der Waals surface area contributed by atoms with Crippen LogP contribution >= 0.6 is 0 Å². The number of fused-ring (bicyclic) bond motifs is 3. The Balaban J connectivity index is 1.27. The fourth-order valence-corrected chi connectivity index (χ4v) is 7.76. The lowest BCUT2D eigenvalue weighted by Gasteiger charge is -2.50. The number of likely N-dealkylation sites (tertiary alicyclic amines) is 1. The van der Waals surface area contributed by atoms with Gasteiger partial charge in [-0.15, -0.1) is 0 Å². The molecule has 3 aliphatic rings. The average Bonchev–Trinajstić information content (AvgIpc) is 3.10. The Morgan fingerprint density at radius 1 is 0.935 bits per heavy atom. The molecule has 3 heteroatoms. The van der Waals surface area contributed by atoms with Crippen LogP contribution in [0.15, 0.2) is 24.3 Å². The zero-order valence-corrected chi connectivity index (χ0v) is 20.0. The standard InChI is InChI=1S/C28H43N3/c1-22-17-24-18-23(2)20-28(19-22,21-24)12-16-31-27-11-5-4-9-25(27)26(29-31)10-8-15-30-13-6-3-7-14-30/h4-5,9,11,22-24H,3,6-8,10,12-21H2,1-2H3. The number of piperidine rings is 1. The van der Waals surface area contributed by atoms with Crippen LogP contribution in [0, 0.1) is 23.2 Å². The third-order valence-corrected chi connectivity index (χ3v) is 8.68. The fourth-order valence-electron chi connectivity index (χ4n) is 7.76. The lowest BCUT2D eigenvalue weighted by molar-refractivity contribution is 0.00784. The number of para-hydroxylation sites is 1. The monoisotopic (exact) mass is 421 g/mol. The topological polar surface area (TPSA) is 21.1 Å². The summed E-state index contributed by atoms with van der Waals surface area (Å²) in [4.78, 5) is 2.66. The predicted molar refractivity (Wildman–Crippen MR) is 130 cm³/mol. The van der Waals surface area contributed by atoms with Crippen molar-refractivity contribution < 1.29 is 0 Å². The van der Waals surface area contributed by atoms with Gasteiger partial charge in [0.2, 0.25) is 0 Å². The summed E-state index contributed by atoms with van der Waals surface area (Å²) in [5.74, 6) is 2.80. The fraction of sp³-hybridized carbons (Fsp3) is 0.750. The van der Waals surface area contributed by atoms with Gasteiger partial charge in [0.25, 0.3) is 0 Å². The summed E-state index contributed by atoms with van der Waals surface area (Å²) in [6.07, 6.45) is 15.2. The minimum absolute atomic E-state index is 0.571. The van der Waals surface area contributed by atoms with Gasteiger partial charge in [0.1, 0.15) is 0 Å². The van der Waals surface area contributed by atoms with Crippen LogP contribution in [0.25, 0.3) is 10.9 Å². The third kappa shape index (κ3) is 4.87. The van der Waals surface area contributed by atoms with E-state index in [9.17, 15) is 0 Å². The van der Waals surface area contributed by atoms with E-state index in [1.807, 2.05) is 0 Å². The zero-order chi connectivity index (χ0) is 21.3. The van der Waals surface area contributed by atoms with E-state index in [0.29, 0.717) is 5.41 Å². The maximum atomic E-state index is 5.20. The molecule has 2 heterocycles. The number of hydrogen-bond donors (Lipinski definition) is 0. The average molecular weight is 422 g/mol. The Kier molecular flexibility index (Phi) is 6.42. The predicted octanol–water partition coefficient (Wildman–Crippen LogP) is 6.70. The molecular weight excluding hydrogens is 378 g/mol. The van der Waals surface area contributed by atoms with Gasteiger partial charge in [0.15, 0.2) is 0 Å². The van der Waals surface area contributed by atoms with Crippen LogP contribution in [0.4, 0.5) is 0 Å². The number of aryl methyl sites for hydroxylation is 2. The Labute approximate surface area is 189 Å². The van der Waals surface area contributed by atoms with Crippen LogP contribution in [0.1, 0.15) is 83.7 Å². The molecule has 5 rings (SSSR count). The Hall–Kier alpha value is -1.35. The lowest BCUT2D eigenvalue weighted by Crippen LogP contribution is -2.39. The molecule has 2 unspecified atom stereocenters. The largest absolute Gasteiger partial charge is 0.303 e. The Bertz CT molecular complexity index is 843. The van der Waals surface area contributed by atoms with Gasteiger partial charge in [-0.1, -0.05) is 38.5 Å². The van der Waals surface area contributed by atoms with Crippen molar-refractivity contribution in [2.24, 2.45) is 23.2 Å². The SMILES string of the molecule is CC1CC2CC(C)CC(CCn3nc(CCCN4CCCCC4)c4ccccc43)(C1)C2. The van der Waals surface area contributed by atoms with Crippen molar-refractivity contribution in [1.29, 1.82) is 0 Å². The van der Waals surface area contributed by atoms with Crippen LogP contribution in [0.5, 0.6) is 0 Å². The highest BCUT2D eigenvalue weighted by Crippen LogP contribution is 2.54. The van der Waals surface area contributed by atoms with E-state index in [1.54, 1.807) is 0 Å². The summed E-state index contributed by atoms with van der Waals surface area (Å²) in [5.41, 5.74) is 3.26. The van der Waals surface area contributed by atoms with Crippen LogP contribution in [-0.4, -0.2) is 34.3 Å². The molecule has 0 radical (unpaired) electrons. The highest BCUT2D eigenvalue weighted by atomic mass is 15.3. The molecule has 0 N–H and O–H groups in total. The lowest BCUT2D eigenvalue weighted by atomic mass is 9.56. The van der Waals surface area contributed by atoms with Crippen LogP contribution in [0.2, 0.25) is 0 Å². The molecule has 1 aliphatic heterocycles. The normalized spacial score (nSPS) is 31.9. The van der Waals surface area contributed by atoms with Gasteiger partial charge < -0.3 is 4.90 Å². The summed E-state index contributed by atoms with van der Waals surface area (Å²) in [7, 11) is 0. The summed E-state index contributed by atoms with van der Waals surface area (Å²) >= 11 is 0. The zero-order valence-electron chi connectivity index (χ0n) is 20.0. The quantitative estimate of drug-likeness (QED) is 0.496. The Morgan fingerprint density at radius 2 is 1.68 bits per heavy atom. The van der Waals surface area contributed by atoms with Crippen molar-refractivity contribution >= 4 is 10.9 Å². The Morgan fingerprint density at radius 3 is 2.45 bits per heavy atom. The number of benzene rings is 1. The van der Waals surface area contributed by atoms with E-state index in [1.165, 1.54) is 100 Å². The molecule has 0 amide bonds. The van der Waals surface area contributed by atoms with Crippen molar-refractivity contribution in [3.63, 3.8) is 0 Å². The smallest absolute Gasteiger partial charge is 0.0703 e. The molecule has 0 spiro atoms. The van der Waals surface area contributed by atoms with Crippen LogP contribution in [-0.2, 0) is 13.0 Å². The maximum Gasteiger partial charge on any atom is 0.0703 e. The second-order valence-corrected chi connectivity index (χ2v) is 11.6. The summed E-state index contributed by atoms with van der Waals surface area (Å²) in [6.45, 7) is 9.94. The minimum atomic E-state index is 0.571. The maximum absolute atomic E-state index is 5.20. The molecule has 1 saturated heterocycles. The van der Waals surface area contributed by atoms with Crippen molar-refractivity contribution in [2.45, 2.75) is 91.0 Å². The minimum Gasteiger partial charge on any atom is -0.303 e. The first-order chi connectivity index (χ1) is 15.1. The summed E-state index contributed by atoms with van der Waals surface area (Å²) in [5, 5.41) is 6.59. The highest BCUT2D eigenvalue weighted by molar-refractivity contribution is 5.81. The highest BCUT2D eigenvalue weighted by Gasteiger charge is 2.43. The van der Waals surface area contributed by atoms with E-state index in [0.717, 1.165) is 30.7 Å². The van der Waals surface area contributed by atoms with Gasteiger partial charge >= 0.3 is 0 Å². The van der Waals surface area contributed by atoms with Crippen molar-refractivity contribution in [2.75, 3.05) is 19.6 Å². The molecule has 1 aromatic carbocycles. The molecular formula is C28H43N3. The van der Waals surface area contributed by atoms with Gasteiger partial charge in [-0.2, -0.15) is 5.10 Å². The second-order valence-electron chi connectivity index (χ2n) is 11.6. The van der Waals surface area contributed by atoms with Crippen LogP contribution < -0.4 is 0 Å². The van der Waals surface area contributed by atoms with E-state index in [2.05, 4.69) is 47.7 Å². The van der Waals surface area contributed by atoms with E-state index < -0.39 is 0 Å².